The SMILES string of the molecule is CCC=CCCCCCCCCCCCC(=O)CC1CC(=O)CC2(CC3OC(=O)C4CC4C3O2)O1. The lowest BCUT2D eigenvalue weighted by molar-refractivity contribution is -0.264. The number of rotatable bonds is 15. The molecule has 1 aliphatic carbocycles. The number of ether oxygens (including phenoxy) is 3. The normalized spacial score (nSPS) is 33.7. The van der Waals surface area contributed by atoms with Gasteiger partial charge in [0.05, 0.1) is 18.4 Å². The van der Waals surface area contributed by atoms with Gasteiger partial charge in [0.15, 0.2) is 5.79 Å². The van der Waals surface area contributed by atoms with Gasteiger partial charge in [-0.2, -0.15) is 0 Å². The molecule has 0 amide bonds. The molecule has 6 atom stereocenters. The highest BCUT2D eigenvalue weighted by Crippen LogP contribution is 2.55. The summed E-state index contributed by atoms with van der Waals surface area (Å²) in [6.07, 6.45) is 19.5. The maximum atomic E-state index is 12.6. The first-order valence-electron chi connectivity index (χ1n) is 14.2. The minimum Gasteiger partial charge on any atom is -0.459 e. The number of carbonyl (C=O) groups is 3. The molecule has 6 heteroatoms. The molecule has 0 aromatic carbocycles. The van der Waals surface area contributed by atoms with Crippen LogP contribution in [0.25, 0.3) is 0 Å². The van der Waals surface area contributed by atoms with Crippen LogP contribution in [0.3, 0.4) is 0 Å². The third-order valence-electron chi connectivity index (χ3n) is 8.05. The van der Waals surface area contributed by atoms with Gasteiger partial charge in [0, 0.05) is 31.6 Å². The highest BCUT2D eigenvalue weighted by Gasteiger charge is 2.64. The molecule has 4 aliphatic rings. The number of esters is 1. The van der Waals surface area contributed by atoms with E-state index in [2.05, 4.69) is 19.1 Å². The molecular weight excluding hydrogens is 444 g/mol. The Labute approximate surface area is 210 Å². The van der Waals surface area contributed by atoms with E-state index >= 15 is 0 Å². The van der Waals surface area contributed by atoms with Crippen LogP contribution in [-0.4, -0.2) is 41.6 Å². The molecule has 4 fully saturated rings. The summed E-state index contributed by atoms with van der Waals surface area (Å²) in [7, 11) is 0. The van der Waals surface area contributed by atoms with Crippen molar-refractivity contribution in [2.45, 2.75) is 140 Å². The molecule has 3 saturated heterocycles. The number of ketones is 2. The van der Waals surface area contributed by atoms with Crippen molar-refractivity contribution < 1.29 is 28.6 Å². The second kappa shape index (κ2) is 12.6. The third kappa shape index (κ3) is 7.48. The summed E-state index contributed by atoms with van der Waals surface area (Å²) in [5, 5.41) is 0. The Hall–Kier alpha value is -1.53. The lowest BCUT2D eigenvalue weighted by Gasteiger charge is -2.37. The van der Waals surface area contributed by atoms with Gasteiger partial charge in [-0.3, -0.25) is 14.4 Å². The molecular formula is C29H44O6. The zero-order valence-electron chi connectivity index (χ0n) is 21.5. The van der Waals surface area contributed by atoms with Crippen molar-refractivity contribution in [3.05, 3.63) is 12.2 Å². The van der Waals surface area contributed by atoms with E-state index in [4.69, 9.17) is 14.2 Å². The molecule has 1 spiro atoms. The van der Waals surface area contributed by atoms with Crippen molar-refractivity contribution >= 4 is 17.5 Å². The number of Topliss-reactive ketones (excluding diaryl/α,β-unsaturated/α-hetero) is 2. The van der Waals surface area contributed by atoms with Crippen LogP contribution in [0.2, 0.25) is 0 Å². The van der Waals surface area contributed by atoms with Crippen molar-refractivity contribution in [2.75, 3.05) is 0 Å². The summed E-state index contributed by atoms with van der Waals surface area (Å²) >= 11 is 0. The Morgan fingerprint density at radius 2 is 1.69 bits per heavy atom. The molecule has 35 heavy (non-hydrogen) atoms. The smallest absolute Gasteiger partial charge is 0.309 e. The van der Waals surface area contributed by atoms with Crippen LogP contribution in [-0.2, 0) is 28.6 Å². The maximum Gasteiger partial charge on any atom is 0.309 e. The van der Waals surface area contributed by atoms with Crippen LogP contribution in [0.4, 0.5) is 0 Å². The number of hydrogen-bond donors (Lipinski definition) is 0. The number of fused-ring (bicyclic) bond motifs is 3. The van der Waals surface area contributed by atoms with Crippen LogP contribution in [0.5, 0.6) is 0 Å². The summed E-state index contributed by atoms with van der Waals surface area (Å²) in [6.45, 7) is 2.17. The predicted octanol–water partition coefficient (Wildman–Crippen LogP) is 6.00. The maximum absolute atomic E-state index is 12.6. The van der Waals surface area contributed by atoms with Gasteiger partial charge in [0.1, 0.15) is 23.8 Å². The summed E-state index contributed by atoms with van der Waals surface area (Å²) in [4.78, 5) is 37.0. The van der Waals surface area contributed by atoms with E-state index in [1.54, 1.807) is 0 Å². The summed E-state index contributed by atoms with van der Waals surface area (Å²) in [6, 6.07) is 0. The van der Waals surface area contributed by atoms with Gasteiger partial charge in [0.25, 0.3) is 0 Å². The Morgan fingerprint density at radius 1 is 0.971 bits per heavy atom. The fraction of sp³-hybridized carbons (Fsp3) is 0.828. The highest BCUT2D eigenvalue weighted by molar-refractivity contribution is 5.83. The van der Waals surface area contributed by atoms with E-state index in [0.717, 1.165) is 25.7 Å². The first kappa shape index (κ1) is 26.5. The van der Waals surface area contributed by atoms with Crippen LogP contribution in [0.15, 0.2) is 12.2 Å². The Bertz CT molecular complexity index is 775. The van der Waals surface area contributed by atoms with E-state index in [0.29, 0.717) is 12.8 Å². The van der Waals surface area contributed by atoms with E-state index in [1.807, 2.05) is 0 Å². The standard InChI is InChI=1S/C29H44O6/c1-2-3-4-5-6-7-8-9-10-11-12-13-14-15-21(30)16-23-17-22(31)19-29(34-23)20-26-27(35-29)24-18-25(24)28(32)33-26/h3-4,23-27H,2,5-20H2,1H3. The van der Waals surface area contributed by atoms with Crippen LogP contribution in [0, 0.1) is 11.8 Å². The van der Waals surface area contributed by atoms with Crippen molar-refractivity contribution in [1.29, 1.82) is 0 Å². The largest absolute Gasteiger partial charge is 0.459 e. The number of unbranched alkanes of at least 4 members (excludes halogenated alkanes) is 9. The fourth-order valence-corrected chi connectivity index (χ4v) is 6.13. The molecule has 1 saturated carbocycles. The fourth-order valence-electron chi connectivity index (χ4n) is 6.13. The summed E-state index contributed by atoms with van der Waals surface area (Å²) < 4.78 is 18.0. The molecule has 0 aromatic rings. The molecule has 196 valence electrons. The van der Waals surface area contributed by atoms with Gasteiger partial charge in [-0.25, -0.2) is 0 Å². The van der Waals surface area contributed by atoms with Gasteiger partial charge in [0.2, 0.25) is 0 Å². The van der Waals surface area contributed by atoms with Crippen molar-refractivity contribution in [3.63, 3.8) is 0 Å². The lowest BCUT2D eigenvalue weighted by atomic mass is 9.93. The summed E-state index contributed by atoms with van der Waals surface area (Å²) in [5.41, 5.74) is 0. The van der Waals surface area contributed by atoms with Gasteiger partial charge in [-0.1, -0.05) is 64.0 Å². The van der Waals surface area contributed by atoms with E-state index in [9.17, 15) is 14.4 Å². The monoisotopic (exact) mass is 488 g/mol. The first-order chi connectivity index (χ1) is 17.0. The first-order valence-corrected chi connectivity index (χ1v) is 14.2. The second-order valence-corrected chi connectivity index (χ2v) is 11.2. The van der Waals surface area contributed by atoms with Crippen molar-refractivity contribution in [2.24, 2.45) is 11.8 Å². The zero-order valence-corrected chi connectivity index (χ0v) is 21.5. The van der Waals surface area contributed by atoms with Crippen molar-refractivity contribution in [3.8, 4) is 0 Å². The van der Waals surface area contributed by atoms with Crippen LogP contribution < -0.4 is 0 Å². The molecule has 0 N–H and O–H groups in total. The minimum atomic E-state index is -1.01. The van der Waals surface area contributed by atoms with Gasteiger partial charge in [-0.15, -0.1) is 0 Å². The summed E-state index contributed by atoms with van der Waals surface area (Å²) in [5.74, 6) is -0.749. The number of allylic oxidation sites excluding steroid dienone is 2. The van der Waals surface area contributed by atoms with E-state index in [-0.39, 0.29) is 60.8 Å². The average Bonchev–Trinajstić information content (AvgIpc) is 3.54. The Morgan fingerprint density at radius 3 is 2.43 bits per heavy atom. The van der Waals surface area contributed by atoms with Gasteiger partial charge in [-0.05, 0) is 32.1 Å². The molecule has 3 aliphatic heterocycles. The molecule has 3 heterocycles. The van der Waals surface area contributed by atoms with Crippen LogP contribution in [0.1, 0.15) is 116 Å². The molecule has 6 unspecified atom stereocenters. The van der Waals surface area contributed by atoms with Gasteiger partial charge < -0.3 is 14.2 Å². The minimum absolute atomic E-state index is 0.0407. The number of carbonyl (C=O) groups excluding carboxylic acids is 3. The molecule has 4 rings (SSSR count). The Balaban J connectivity index is 1.06. The quantitative estimate of drug-likeness (QED) is 0.160. The molecule has 0 radical (unpaired) electrons. The van der Waals surface area contributed by atoms with E-state index < -0.39 is 11.9 Å². The lowest BCUT2D eigenvalue weighted by Crippen LogP contribution is -2.45. The molecule has 0 aromatic heterocycles. The second-order valence-electron chi connectivity index (χ2n) is 11.2. The molecule has 6 nitrogen and oxygen atoms in total. The van der Waals surface area contributed by atoms with Crippen LogP contribution >= 0.6 is 0 Å². The number of hydrogen-bond acceptors (Lipinski definition) is 6. The third-order valence-corrected chi connectivity index (χ3v) is 8.05. The zero-order chi connectivity index (χ0) is 24.7. The topological polar surface area (TPSA) is 78.9 Å². The van der Waals surface area contributed by atoms with Crippen molar-refractivity contribution in [1.82, 2.24) is 0 Å². The van der Waals surface area contributed by atoms with E-state index in [1.165, 1.54) is 51.4 Å². The average molecular weight is 489 g/mol. The Kier molecular flexibility index (Phi) is 9.57. The van der Waals surface area contributed by atoms with Gasteiger partial charge >= 0.3 is 5.97 Å². The predicted molar refractivity (Wildman–Crippen MR) is 133 cm³/mol. The highest BCUT2D eigenvalue weighted by atomic mass is 16.7. The molecule has 0 bridgehead atoms.